The molecule has 0 aliphatic rings. The summed E-state index contributed by atoms with van der Waals surface area (Å²) in [6, 6.07) is 6.21. The van der Waals surface area contributed by atoms with Crippen LogP contribution in [-0.4, -0.2) is 27.8 Å². The van der Waals surface area contributed by atoms with Gasteiger partial charge in [-0.1, -0.05) is 12.1 Å². The Hall–Kier alpha value is -2.32. The zero-order valence-corrected chi connectivity index (χ0v) is 12.2. The number of amides is 1. The van der Waals surface area contributed by atoms with Crippen LogP contribution in [0.2, 0.25) is 0 Å². The highest BCUT2D eigenvalue weighted by Crippen LogP contribution is 2.16. The van der Waals surface area contributed by atoms with Crippen LogP contribution in [0.1, 0.15) is 21.1 Å². The van der Waals surface area contributed by atoms with Crippen LogP contribution in [0, 0.1) is 10.1 Å². The number of carbonyl (C=O) groups is 1. The monoisotopic (exact) mass is 306 g/mol. The van der Waals surface area contributed by atoms with Gasteiger partial charge in [0.05, 0.1) is 4.92 Å². The highest BCUT2D eigenvalue weighted by molar-refractivity contribution is 7.09. The van der Waals surface area contributed by atoms with Crippen molar-refractivity contribution >= 4 is 22.9 Å². The summed E-state index contributed by atoms with van der Waals surface area (Å²) in [6.07, 6.45) is 0. The summed E-state index contributed by atoms with van der Waals surface area (Å²) in [7, 11) is 1.63. The van der Waals surface area contributed by atoms with Gasteiger partial charge in [-0.15, -0.1) is 11.3 Å². The second kappa shape index (κ2) is 6.42. The van der Waals surface area contributed by atoms with Crippen molar-refractivity contribution in [3.05, 3.63) is 56.0 Å². The van der Waals surface area contributed by atoms with Crippen LogP contribution >= 0.6 is 11.3 Å². The van der Waals surface area contributed by atoms with Crippen molar-refractivity contribution in [1.29, 1.82) is 0 Å². The zero-order valence-electron chi connectivity index (χ0n) is 11.4. The lowest BCUT2D eigenvalue weighted by atomic mass is 10.2. The van der Waals surface area contributed by atoms with Crippen LogP contribution in [0.15, 0.2) is 29.6 Å². The van der Waals surface area contributed by atoms with Crippen LogP contribution in [0.5, 0.6) is 0 Å². The first-order valence-electron chi connectivity index (χ1n) is 6.14. The fourth-order valence-corrected chi connectivity index (χ4v) is 2.46. The Bertz CT molecular complexity index is 671. The Kier molecular flexibility index (Phi) is 4.61. The topological polar surface area (TPSA) is 102 Å². The second-order valence-electron chi connectivity index (χ2n) is 4.42. The van der Waals surface area contributed by atoms with E-state index < -0.39 is 4.92 Å². The number of benzene rings is 1. The number of thiazole rings is 1. The molecule has 110 valence electrons. The third-order valence-electron chi connectivity index (χ3n) is 2.83. The zero-order chi connectivity index (χ0) is 15.4. The number of nitro benzene ring substituents is 1. The largest absolute Gasteiger partial charge is 0.336 e. The van der Waals surface area contributed by atoms with Crippen molar-refractivity contribution < 1.29 is 9.72 Å². The van der Waals surface area contributed by atoms with Crippen molar-refractivity contribution in [1.82, 2.24) is 9.88 Å². The lowest BCUT2D eigenvalue weighted by molar-refractivity contribution is -0.384. The summed E-state index contributed by atoms with van der Waals surface area (Å²) in [4.78, 5) is 28.1. The first-order chi connectivity index (χ1) is 10.0. The fraction of sp³-hybridized carbons (Fsp3) is 0.231. The molecule has 1 amide bonds. The van der Waals surface area contributed by atoms with Gasteiger partial charge in [-0.25, -0.2) is 4.98 Å². The van der Waals surface area contributed by atoms with Gasteiger partial charge in [-0.05, 0) is 5.56 Å². The van der Waals surface area contributed by atoms with E-state index in [1.54, 1.807) is 24.6 Å². The maximum atomic E-state index is 12.2. The predicted octanol–water partition coefficient (Wildman–Crippen LogP) is 1.78. The molecule has 0 saturated carbocycles. The number of non-ortho nitro benzene ring substituents is 1. The summed E-state index contributed by atoms with van der Waals surface area (Å²) in [5.74, 6) is -0.238. The second-order valence-corrected chi connectivity index (χ2v) is 5.36. The number of nitro groups is 1. The van der Waals surface area contributed by atoms with E-state index in [1.807, 2.05) is 0 Å². The number of hydrogen-bond donors (Lipinski definition) is 1. The van der Waals surface area contributed by atoms with E-state index in [0.29, 0.717) is 22.8 Å². The molecule has 2 aromatic rings. The minimum atomic E-state index is -0.459. The molecule has 0 radical (unpaired) electrons. The number of nitrogens with two attached hydrogens (primary N) is 1. The average Bonchev–Trinajstić information content (AvgIpc) is 2.95. The first kappa shape index (κ1) is 15.1. The molecule has 8 heteroatoms. The van der Waals surface area contributed by atoms with Gasteiger partial charge in [0.15, 0.2) is 0 Å². The molecule has 0 fully saturated rings. The van der Waals surface area contributed by atoms with E-state index in [2.05, 4.69) is 4.98 Å². The fourth-order valence-electron chi connectivity index (χ4n) is 1.81. The van der Waals surface area contributed by atoms with Crippen LogP contribution < -0.4 is 5.73 Å². The van der Waals surface area contributed by atoms with E-state index in [4.69, 9.17) is 5.73 Å². The molecule has 0 saturated heterocycles. The molecule has 0 atom stereocenters. The molecule has 2 rings (SSSR count). The van der Waals surface area contributed by atoms with Crippen molar-refractivity contribution in [2.75, 3.05) is 7.05 Å². The third-order valence-corrected chi connectivity index (χ3v) is 3.70. The molecule has 1 aromatic carbocycles. The molecule has 0 aliphatic carbocycles. The van der Waals surface area contributed by atoms with Crippen LogP contribution in [-0.2, 0) is 13.1 Å². The minimum Gasteiger partial charge on any atom is -0.336 e. The van der Waals surface area contributed by atoms with Gasteiger partial charge in [0.25, 0.3) is 11.6 Å². The molecule has 7 nitrogen and oxygen atoms in total. The van der Waals surface area contributed by atoms with Crippen molar-refractivity contribution in [2.24, 2.45) is 5.73 Å². The molecule has 0 bridgehead atoms. The Balaban J connectivity index is 2.10. The Morgan fingerprint density at radius 2 is 2.29 bits per heavy atom. The van der Waals surface area contributed by atoms with Gasteiger partial charge in [0, 0.05) is 37.6 Å². The van der Waals surface area contributed by atoms with Gasteiger partial charge in [0.1, 0.15) is 10.7 Å². The van der Waals surface area contributed by atoms with E-state index in [-0.39, 0.29) is 18.1 Å². The average molecular weight is 306 g/mol. The summed E-state index contributed by atoms with van der Waals surface area (Å²) < 4.78 is 0. The van der Waals surface area contributed by atoms with Crippen molar-refractivity contribution in [2.45, 2.75) is 13.1 Å². The summed E-state index contributed by atoms with van der Waals surface area (Å²) >= 11 is 1.34. The molecular weight excluding hydrogens is 292 g/mol. The van der Waals surface area contributed by atoms with Crippen LogP contribution in [0.3, 0.4) is 0 Å². The van der Waals surface area contributed by atoms with E-state index in [0.717, 1.165) is 0 Å². The van der Waals surface area contributed by atoms with Gasteiger partial charge in [-0.3, -0.25) is 14.9 Å². The maximum Gasteiger partial charge on any atom is 0.273 e. The lowest BCUT2D eigenvalue weighted by Gasteiger charge is -2.15. The number of nitrogens with zero attached hydrogens (tertiary/aromatic N) is 3. The Morgan fingerprint density at radius 1 is 1.52 bits per heavy atom. The standard InChI is InChI=1S/C13H14N4O3S/c1-16(13(18)11-8-21-12(6-14)15-11)7-9-3-2-4-10(5-9)17(19)20/h2-5,8H,6-7,14H2,1H3. The molecule has 2 N–H and O–H groups in total. The number of aromatic nitrogens is 1. The molecule has 0 unspecified atom stereocenters. The van der Waals surface area contributed by atoms with Gasteiger partial charge < -0.3 is 10.6 Å². The molecule has 0 spiro atoms. The summed E-state index contributed by atoms with van der Waals surface area (Å²) in [6.45, 7) is 0.572. The van der Waals surface area contributed by atoms with Gasteiger partial charge >= 0.3 is 0 Å². The maximum absolute atomic E-state index is 12.2. The number of hydrogen-bond acceptors (Lipinski definition) is 6. The molecule has 1 aromatic heterocycles. The predicted molar refractivity (Wildman–Crippen MR) is 78.9 cm³/mol. The molecule has 1 heterocycles. The molecular formula is C13H14N4O3S. The SMILES string of the molecule is CN(Cc1cccc([N+](=O)[O-])c1)C(=O)c1csc(CN)n1. The van der Waals surface area contributed by atoms with Crippen LogP contribution in [0.4, 0.5) is 5.69 Å². The number of rotatable bonds is 5. The summed E-state index contributed by atoms with van der Waals surface area (Å²) in [5.41, 5.74) is 6.50. The molecule has 21 heavy (non-hydrogen) atoms. The minimum absolute atomic E-state index is 0.00688. The normalized spacial score (nSPS) is 10.4. The van der Waals surface area contributed by atoms with E-state index >= 15 is 0 Å². The van der Waals surface area contributed by atoms with E-state index in [9.17, 15) is 14.9 Å². The Morgan fingerprint density at radius 3 is 2.90 bits per heavy atom. The lowest BCUT2D eigenvalue weighted by Crippen LogP contribution is -2.26. The first-order valence-corrected chi connectivity index (χ1v) is 7.02. The quantitative estimate of drug-likeness (QED) is 0.670. The highest BCUT2D eigenvalue weighted by atomic mass is 32.1. The van der Waals surface area contributed by atoms with E-state index in [1.165, 1.54) is 28.4 Å². The molecule has 0 aliphatic heterocycles. The third kappa shape index (κ3) is 3.61. The van der Waals surface area contributed by atoms with Crippen molar-refractivity contribution in [3.63, 3.8) is 0 Å². The smallest absolute Gasteiger partial charge is 0.273 e. The number of carbonyl (C=O) groups excluding carboxylic acids is 1. The van der Waals surface area contributed by atoms with Gasteiger partial charge in [0.2, 0.25) is 0 Å². The highest BCUT2D eigenvalue weighted by Gasteiger charge is 2.16. The van der Waals surface area contributed by atoms with Crippen LogP contribution in [0.25, 0.3) is 0 Å². The Labute approximate surface area is 125 Å². The summed E-state index contributed by atoms with van der Waals surface area (Å²) in [5, 5.41) is 13.1. The van der Waals surface area contributed by atoms with Crippen molar-refractivity contribution in [3.8, 4) is 0 Å². The van der Waals surface area contributed by atoms with Gasteiger partial charge in [-0.2, -0.15) is 0 Å².